The Bertz CT molecular complexity index is 240. The van der Waals surface area contributed by atoms with E-state index in [1.807, 2.05) is 0 Å². The lowest BCUT2D eigenvalue weighted by Gasteiger charge is -2.34. The summed E-state index contributed by atoms with van der Waals surface area (Å²) in [6.45, 7) is 12.6. The van der Waals surface area contributed by atoms with Gasteiger partial charge in [-0.1, -0.05) is 13.8 Å². The lowest BCUT2D eigenvalue weighted by molar-refractivity contribution is 0.146. The molecule has 1 rings (SSSR count). The lowest BCUT2D eigenvalue weighted by Crippen LogP contribution is -2.50. The quantitative estimate of drug-likeness (QED) is 0.706. The number of hydrogen-bond acceptors (Lipinski definition) is 3. The Morgan fingerprint density at radius 1 is 1.40 bits per heavy atom. The Kier molecular flexibility index (Phi) is 4.12. The summed E-state index contributed by atoms with van der Waals surface area (Å²) < 4.78 is 0. The molecule has 1 aliphatic heterocycles. The van der Waals surface area contributed by atoms with Crippen molar-refractivity contribution in [2.24, 2.45) is 0 Å². The predicted octanol–water partition coefficient (Wildman–Crippen LogP) is 1.70. The number of likely N-dealkylation sites (tertiary alicyclic amines) is 1. The summed E-state index contributed by atoms with van der Waals surface area (Å²) in [4.78, 5) is 4.71. The Balaban J connectivity index is 2.77. The van der Waals surface area contributed by atoms with Gasteiger partial charge in [-0.2, -0.15) is 5.26 Å². The van der Waals surface area contributed by atoms with Crippen molar-refractivity contribution in [2.45, 2.75) is 45.7 Å². The van der Waals surface area contributed by atoms with E-state index in [0.717, 1.165) is 32.6 Å². The molecular weight excluding hydrogens is 186 g/mol. The Hall–Kier alpha value is -0.590. The molecule has 1 heterocycles. The topological polar surface area (TPSA) is 30.3 Å². The molecule has 1 unspecified atom stereocenters. The van der Waals surface area contributed by atoms with Gasteiger partial charge in [0.05, 0.1) is 6.07 Å². The van der Waals surface area contributed by atoms with Crippen LogP contribution in [0.2, 0.25) is 0 Å². The van der Waals surface area contributed by atoms with E-state index in [9.17, 15) is 5.26 Å². The van der Waals surface area contributed by atoms with Gasteiger partial charge in [0, 0.05) is 19.1 Å². The van der Waals surface area contributed by atoms with Gasteiger partial charge >= 0.3 is 0 Å². The number of nitrogens with zero attached hydrogens (tertiary/aromatic N) is 3. The first kappa shape index (κ1) is 12.5. The van der Waals surface area contributed by atoms with E-state index in [0.29, 0.717) is 6.04 Å². The summed E-state index contributed by atoms with van der Waals surface area (Å²) in [6.07, 6.45) is 0.989. The zero-order valence-corrected chi connectivity index (χ0v) is 10.5. The molecule has 0 aromatic rings. The fourth-order valence-corrected chi connectivity index (χ4v) is 2.51. The van der Waals surface area contributed by atoms with Crippen LogP contribution in [0.5, 0.6) is 0 Å². The highest BCUT2D eigenvalue weighted by atomic mass is 15.3. The summed E-state index contributed by atoms with van der Waals surface area (Å²) in [5, 5.41) is 9.43. The van der Waals surface area contributed by atoms with Crippen LogP contribution in [0.3, 0.4) is 0 Å². The van der Waals surface area contributed by atoms with Crippen molar-refractivity contribution in [3.05, 3.63) is 0 Å². The maximum absolute atomic E-state index is 9.43. The molecule has 1 saturated heterocycles. The molecule has 0 saturated carbocycles. The summed E-state index contributed by atoms with van der Waals surface area (Å²) >= 11 is 0. The highest BCUT2D eigenvalue weighted by molar-refractivity contribution is 5.14. The smallest absolute Gasteiger partial charge is 0.123 e. The van der Waals surface area contributed by atoms with Crippen LogP contribution in [0.25, 0.3) is 0 Å². The van der Waals surface area contributed by atoms with Crippen molar-refractivity contribution in [1.29, 1.82) is 5.26 Å². The molecule has 0 aromatic heterocycles. The molecule has 0 aromatic carbocycles. The number of hydrogen-bond donors (Lipinski definition) is 0. The van der Waals surface area contributed by atoms with E-state index < -0.39 is 0 Å². The van der Waals surface area contributed by atoms with Crippen LogP contribution in [0.1, 0.15) is 34.1 Å². The number of nitriles is 1. The minimum atomic E-state index is -0.228. The van der Waals surface area contributed by atoms with Gasteiger partial charge < -0.3 is 0 Å². The molecule has 86 valence electrons. The van der Waals surface area contributed by atoms with Crippen LogP contribution in [-0.4, -0.2) is 47.6 Å². The van der Waals surface area contributed by atoms with Crippen LogP contribution in [0.15, 0.2) is 0 Å². The third kappa shape index (κ3) is 2.32. The van der Waals surface area contributed by atoms with Gasteiger partial charge in [-0.3, -0.25) is 9.80 Å². The van der Waals surface area contributed by atoms with Crippen molar-refractivity contribution < 1.29 is 0 Å². The number of likely N-dealkylation sites (N-methyl/N-ethyl adjacent to an activating group) is 1. The van der Waals surface area contributed by atoms with Crippen molar-refractivity contribution in [3.8, 4) is 6.07 Å². The first-order valence-electron chi connectivity index (χ1n) is 6.00. The molecule has 3 nitrogen and oxygen atoms in total. The van der Waals surface area contributed by atoms with Crippen LogP contribution >= 0.6 is 0 Å². The molecule has 0 N–H and O–H groups in total. The summed E-state index contributed by atoms with van der Waals surface area (Å²) in [7, 11) is 0. The Morgan fingerprint density at radius 2 is 2.00 bits per heavy atom. The largest absolute Gasteiger partial charge is 0.298 e. The lowest BCUT2D eigenvalue weighted by atomic mass is 9.98. The van der Waals surface area contributed by atoms with Crippen molar-refractivity contribution in [1.82, 2.24) is 9.80 Å². The van der Waals surface area contributed by atoms with Crippen LogP contribution in [0.4, 0.5) is 0 Å². The second-order valence-electron chi connectivity index (χ2n) is 4.63. The summed E-state index contributed by atoms with van der Waals surface area (Å²) in [6, 6.07) is 3.10. The maximum Gasteiger partial charge on any atom is 0.123 e. The van der Waals surface area contributed by atoms with Gasteiger partial charge in [0.1, 0.15) is 5.54 Å². The Labute approximate surface area is 93.7 Å². The van der Waals surface area contributed by atoms with Gasteiger partial charge in [-0.15, -0.1) is 0 Å². The molecule has 0 spiro atoms. The van der Waals surface area contributed by atoms with E-state index in [2.05, 4.69) is 43.6 Å². The number of rotatable bonds is 4. The first-order valence-corrected chi connectivity index (χ1v) is 6.00. The molecule has 3 heteroatoms. The molecule has 0 amide bonds. The highest BCUT2D eigenvalue weighted by Gasteiger charge is 2.42. The SMILES string of the molecule is CCN(CC)C1(C#N)CCN(C(C)C)C1. The van der Waals surface area contributed by atoms with E-state index in [-0.39, 0.29) is 5.54 Å². The second-order valence-corrected chi connectivity index (χ2v) is 4.63. The van der Waals surface area contributed by atoms with Gasteiger partial charge in [0.15, 0.2) is 0 Å². The molecule has 0 bridgehead atoms. The average Bonchev–Trinajstić information content (AvgIpc) is 2.65. The molecular formula is C12H23N3. The van der Waals surface area contributed by atoms with Gasteiger partial charge in [0.2, 0.25) is 0 Å². The van der Waals surface area contributed by atoms with E-state index in [1.165, 1.54) is 0 Å². The van der Waals surface area contributed by atoms with Crippen molar-refractivity contribution >= 4 is 0 Å². The van der Waals surface area contributed by atoms with E-state index in [4.69, 9.17) is 0 Å². The van der Waals surface area contributed by atoms with E-state index >= 15 is 0 Å². The molecule has 1 fully saturated rings. The van der Waals surface area contributed by atoms with E-state index in [1.54, 1.807) is 0 Å². The molecule has 1 aliphatic rings. The van der Waals surface area contributed by atoms with Gasteiger partial charge in [0.25, 0.3) is 0 Å². The fraction of sp³-hybridized carbons (Fsp3) is 0.917. The van der Waals surface area contributed by atoms with Crippen LogP contribution in [-0.2, 0) is 0 Å². The highest BCUT2D eigenvalue weighted by Crippen LogP contribution is 2.28. The predicted molar refractivity (Wildman–Crippen MR) is 62.6 cm³/mol. The molecule has 15 heavy (non-hydrogen) atoms. The van der Waals surface area contributed by atoms with Crippen LogP contribution < -0.4 is 0 Å². The maximum atomic E-state index is 9.43. The van der Waals surface area contributed by atoms with Gasteiger partial charge in [-0.25, -0.2) is 0 Å². The zero-order valence-electron chi connectivity index (χ0n) is 10.5. The monoisotopic (exact) mass is 209 g/mol. The third-order valence-electron chi connectivity index (χ3n) is 3.58. The Morgan fingerprint density at radius 3 is 2.33 bits per heavy atom. The standard InChI is InChI=1S/C12H23N3/c1-5-15(6-2)12(9-13)7-8-14(10-12)11(3)4/h11H,5-8,10H2,1-4H3. The van der Waals surface area contributed by atoms with Gasteiger partial charge in [-0.05, 0) is 33.4 Å². The van der Waals surface area contributed by atoms with Crippen molar-refractivity contribution in [2.75, 3.05) is 26.2 Å². The summed E-state index contributed by atoms with van der Waals surface area (Å²) in [5.74, 6) is 0. The first-order chi connectivity index (χ1) is 7.09. The second kappa shape index (κ2) is 4.96. The third-order valence-corrected chi connectivity index (χ3v) is 3.58. The minimum absolute atomic E-state index is 0.228. The fourth-order valence-electron chi connectivity index (χ4n) is 2.51. The molecule has 0 radical (unpaired) electrons. The summed E-state index contributed by atoms with van der Waals surface area (Å²) in [5.41, 5.74) is -0.228. The molecule has 1 atom stereocenters. The van der Waals surface area contributed by atoms with Crippen molar-refractivity contribution in [3.63, 3.8) is 0 Å². The van der Waals surface area contributed by atoms with Crippen LogP contribution in [0, 0.1) is 11.3 Å². The zero-order chi connectivity index (χ0) is 11.5. The molecule has 0 aliphatic carbocycles. The average molecular weight is 209 g/mol. The minimum Gasteiger partial charge on any atom is -0.298 e. The normalized spacial score (nSPS) is 27.5.